The third-order valence-electron chi connectivity index (χ3n) is 4.55. The minimum Gasteiger partial charge on any atom is -0.493 e. The molecule has 2 N–H and O–H groups in total. The fourth-order valence-corrected chi connectivity index (χ4v) is 2.93. The molecule has 1 fully saturated rings. The number of hydrogen-bond acceptors (Lipinski definition) is 4. The maximum absolute atomic E-state index is 11.8. The number of hydrogen-bond donors (Lipinski definition) is 2. The lowest BCUT2D eigenvalue weighted by atomic mass is 10.1. The maximum atomic E-state index is 11.8. The van der Waals surface area contributed by atoms with Gasteiger partial charge in [-0.3, -0.25) is 19.5 Å². The molecule has 7 heteroatoms. The summed E-state index contributed by atoms with van der Waals surface area (Å²) in [5.41, 5.74) is 1.11. The maximum Gasteiger partial charge on any atom is 0.229 e. The first-order chi connectivity index (χ1) is 13.4. The molecule has 0 bridgehead atoms. The molecule has 2 amide bonds. The van der Waals surface area contributed by atoms with Crippen LogP contribution in [0.25, 0.3) is 0 Å². The minimum absolute atomic E-state index is 0.0450. The number of carbonyl (C=O) groups is 2. The van der Waals surface area contributed by atoms with E-state index in [4.69, 9.17) is 4.74 Å². The van der Waals surface area contributed by atoms with Gasteiger partial charge in [0, 0.05) is 33.0 Å². The highest BCUT2D eigenvalue weighted by molar-refractivity contribution is 5.97. The summed E-state index contributed by atoms with van der Waals surface area (Å²) in [7, 11) is 1.70. The second-order valence-electron chi connectivity index (χ2n) is 7.43. The van der Waals surface area contributed by atoms with Crippen LogP contribution in [-0.2, 0) is 9.59 Å². The highest BCUT2D eigenvalue weighted by Gasteiger charge is 2.25. The Balaban J connectivity index is 1.81. The average molecular weight is 389 g/mol. The molecule has 1 heterocycles. The van der Waals surface area contributed by atoms with E-state index in [1.165, 1.54) is 4.90 Å². The van der Waals surface area contributed by atoms with Crippen LogP contribution in [0.1, 0.15) is 51.6 Å². The summed E-state index contributed by atoms with van der Waals surface area (Å²) in [5, 5.41) is 6.49. The Morgan fingerprint density at radius 2 is 1.79 bits per heavy atom. The third-order valence-corrected chi connectivity index (χ3v) is 4.55. The fourth-order valence-electron chi connectivity index (χ4n) is 2.93. The molecule has 154 valence electrons. The molecule has 0 aromatic heterocycles. The van der Waals surface area contributed by atoms with Crippen LogP contribution >= 0.6 is 0 Å². The van der Waals surface area contributed by atoms with Crippen molar-refractivity contribution < 1.29 is 14.3 Å². The summed E-state index contributed by atoms with van der Waals surface area (Å²) in [6, 6.07) is 8.06. The largest absolute Gasteiger partial charge is 0.493 e. The van der Waals surface area contributed by atoms with Crippen LogP contribution in [0.5, 0.6) is 5.75 Å². The van der Waals surface area contributed by atoms with Gasteiger partial charge >= 0.3 is 0 Å². The number of carbonyl (C=O) groups excluding carboxylic acids is 2. The molecular formula is C21H32N4O3. The fraction of sp³-hybridized carbons (Fsp3) is 0.571. The van der Waals surface area contributed by atoms with Crippen molar-refractivity contribution in [2.24, 2.45) is 10.9 Å². The van der Waals surface area contributed by atoms with Crippen molar-refractivity contribution in [1.82, 2.24) is 15.5 Å². The predicted octanol–water partition coefficient (Wildman–Crippen LogP) is 2.49. The second-order valence-corrected chi connectivity index (χ2v) is 7.43. The summed E-state index contributed by atoms with van der Waals surface area (Å²) in [4.78, 5) is 29.2. The molecular weight excluding hydrogens is 356 g/mol. The van der Waals surface area contributed by atoms with E-state index in [1.54, 1.807) is 7.05 Å². The van der Waals surface area contributed by atoms with Crippen LogP contribution in [0.15, 0.2) is 29.3 Å². The Bertz CT molecular complexity index is 669. The molecule has 1 aromatic rings. The van der Waals surface area contributed by atoms with Crippen LogP contribution < -0.4 is 15.4 Å². The number of guanidine groups is 1. The van der Waals surface area contributed by atoms with E-state index in [0.29, 0.717) is 50.8 Å². The Hall–Kier alpha value is -2.57. The highest BCUT2D eigenvalue weighted by Crippen LogP contribution is 2.18. The SMILES string of the molecule is CN=C(NCCN1C(=O)CCCC1=O)NC(C)c1ccc(OCC(C)C)cc1. The Morgan fingerprint density at radius 3 is 2.36 bits per heavy atom. The van der Waals surface area contributed by atoms with Crippen LogP contribution in [0.3, 0.4) is 0 Å². The number of benzene rings is 1. The van der Waals surface area contributed by atoms with Crippen LogP contribution in [0.4, 0.5) is 0 Å². The first-order valence-electron chi connectivity index (χ1n) is 9.93. The smallest absolute Gasteiger partial charge is 0.229 e. The molecule has 0 saturated carbocycles. The number of nitrogens with one attached hydrogen (secondary N) is 2. The van der Waals surface area contributed by atoms with E-state index in [0.717, 1.165) is 11.3 Å². The molecule has 28 heavy (non-hydrogen) atoms. The number of nitrogens with zero attached hydrogens (tertiary/aromatic N) is 2. The van der Waals surface area contributed by atoms with Crippen molar-refractivity contribution in [2.75, 3.05) is 26.7 Å². The number of rotatable bonds is 8. The van der Waals surface area contributed by atoms with Crippen molar-refractivity contribution >= 4 is 17.8 Å². The molecule has 0 spiro atoms. The summed E-state index contributed by atoms with van der Waals surface area (Å²) >= 11 is 0. The summed E-state index contributed by atoms with van der Waals surface area (Å²) < 4.78 is 5.72. The first-order valence-corrected chi connectivity index (χ1v) is 9.93. The number of imide groups is 1. The number of aliphatic imine (C=N–C) groups is 1. The molecule has 0 radical (unpaired) electrons. The van der Waals surface area contributed by atoms with Gasteiger partial charge in [0.25, 0.3) is 0 Å². The monoisotopic (exact) mass is 388 g/mol. The van der Waals surface area contributed by atoms with Gasteiger partial charge in [-0.2, -0.15) is 0 Å². The van der Waals surface area contributed by atoms with Gasteiger partial charge in [0.15, 0.2) is 5.96 Å². The molecule has 1 saturated heterocycles. The molecule has 1 unspecified atom stereocenters. The lowest BCUT2D eigenvalue weighted by molar-refractivity contribution is -0.147. The Kier molecular flexibility index (Phi) is 8.29. The highest BCUT2D eigenvalue weighted by atomic mass is 16.5. The molecule has 1 aliphatic rings. The van der Waals surface area contributed by atoms with E-state index in [9.17, 15) is 9.59 Å². The molecule has 2 rings (SSSR count). The standard InChI is InChI=1S/C21H32N4O3/c1-15(2)14-28-18-10-8-17(9-11-18)16(3)24-21(22-4)23-12-13-25-19(26)6-5-7-20(25)27/h8-11,15-16H,5-7,12-14H2,1-4H3,(H2,22,23,24). The van der Waals surface area contributed by atoms with Gasteiger partial charge in [0.05, 0.1) is 12.6 Å². The number of piperidine rings is 1. The minimum atomic E-state index is -0.0888. The molecule has 0 aliphatic carbocycles. The van der Waals surface area contributed by atoms with Crippen molar-refractivity contribution in [2.45, 2.75) is 46.1 Å². The third kappa shape index (κ3) is 6.55. The number of amides is 2. The van der Waals surface area contributed by atoms with Gasteiger partial charge in [0.1, 0.15) is 5.75 Å². The average Bonchev–Trinajstić information content (AvgIpc) is 2.68. The normalized spacial score (nSPS) is 16.3. The Morgan fingerprint density at radius 1 is 1.14 bits per heavy atom. The molecule has 1 atom stereocenters. The van der Waals surface area contributed by atoms with Crippen molar-refractivity contribution in [3.63, 3.8) is 0 Å². The lowest BCUT2D eigenvalue weighted by Gasteiger charge is -2.25. The molecule has 7 nitrogen and oxygen atoms in total. The first kappa shape index (κ1) is 21.7. The van der Waals surface area contributed by atoms with E-state index in [2.05, 4.69) is 36.4 Å². The van der Waals surface area contributed by atoms with Crippen LogP contribution in [-0.4, -0.2) is 49.4 Å². The van der Waals surface area contributed by atoms with E-state index < -0.39 is 0 Å². The predicted molar refractivity (Wildman–Crippen MR) is 110 cm³/mol. The Labute approximate surface area is 167 Å². The summed E-state index contributed by atoms with van der Waals surface area (Å²) in [5.74, 6) is 1.81. The topological polar surface area (TPSA) is 83.0 Å². The number of ether oxygens (including phenoxy) is 1. The van der Waals surface area contributed by atoms with Gasteiger partial charge < -0.3 is 15.4 Å². The van der Waals surface area contributed by atoms with Gasteiger partial charge in [-0.15, -0.1) is 0 Å². The quantitative estimate of drug-likeness (QED) is 0.406. The zero-order valence-electron chi connectivity index (χ0n) is 17.3. The second kappa shape index (κ2) is 10.7. The summed E-state index contributed by atoms with van der Waals surface area (Å²) in [6.07, 6.45) is 1.56. The van der Waals surface area contributed by atoms with Crippen LogP contribution in [0, 0.1) is 5.92 Å². The van der Waals surface area contributed by atoms with Gasteiger partial charge in [-0.05, 0) is 37.0 Å². The van der Waals surface area contributed by atoms with Crippen molar-refractivity contribution in [3.8, 4) is 5.75 Å². The van der Waals surface area contributed by atoms with Gasteiger partial charge in [-0.1, -0.05) is 26.0 Å². The zero-order valence-corrected chi connectivity index (χ0v) is 17.3. The van der Waals surface area contributed by atoms with E-state index in [-0.39, 0.29) is 17.9 Å². The van der Waals surface area contributed by atoms with Gasteiger partial charge in [0.2, 0.25) is 11.8 Å². The van der Waals surface area contributed by atoms with Crippen LogP contribution in [0.2, 0.25) is 0 Å². The number of likely N-dealkylation sites (tertiary alicyclic amines) is 1. The van der Waals surface area contributed by atoms with Crippen molar-refractivity contribution in [1.29, 1.82) is 0 Å². The molecule has 1 aliphatic heterocycles. The van der Waals surface area contributed by atoms with Gasteiger partial charge in [-0.25, -0.2) is 0 Å². The van der Waals surface area contributed by atoms with Crippen molar-refractivity contribution in [3.05, 3.63) is 29.8 Å². The zero-order chi connectivity index (χ0) is 20.5. The summed E-state index contributed by atoms with van der Waals surface area (Å²) in [6.45, 7) is 7.81. The van der Waals surface area contributed by atoms with E-state index >= 15 is 0 Å². The molecule has 1 aromatic carbocycles. The van der Waals surface area contributed by atoms with E-state index in [1.807, 2.05) is 24.3 Å². The lowest BCUT2D eigenvalue weighted by Crippen LogP contribution is -2.46.